The van der Waals surface area contributed by atoms with Gasteiger partial charge < -0.3 is 34.5 Å². The van der Waals surface area contributed by atoms with Gasteiger partial charge in [-0.2, -0.15) is 0 Å². The standard InChI is InChI=1S/C47H63N9O7S/c1-11-54-36-15-14-29-20-31(36)32(41(54)30-13-12-17-49-39(30)28(5)62-10)22-47(6,7)25-63-45(60)34-19-27(4)23-56(52-34)44(59)33(21-38-50-35(29)24-64-38)51-43(58)40(26(2)3)53(9)46(61)55-18-16-37(55)42(57)48-8/h12-15,17,20,24,26-28,33-34,37,40,52H,11,16,18-19,21-23,25H2,1-10H3,(H,48,57)(H,51,58)/t27?,28-,33?,34-,37-,40-/m0/s1. The van der Waals surface area contributed by atoms with E-state index < -0.39 is 53.4 Å². The number of rotatable bonds is 9. The van der Waals surface area contributed by atoms with Crippen molar-refractivity contribution in [3.05, 3.63) is 58.2 Å². The van der Waals surface area contributed by atoms with E-state index in [0.29, 0.717) is 43.9 Å². The molecule has 3 N–H and O–H groups in total. The van der Waals surface area contributed by atoms with Gasteiger partial charge in [0, 0.05) is 86.3 Å². The number of aromatic nitrogens is 3. The number of amides is 5. The average Bonchev–Trinajstić information content (AvgIpc) is 3.85. The minimum Gasteiger partial charge on any atom is -0.464 e. The number of cyclic esters (lactones) is 1. The molecule has 17 heteroatoms. The Kier molecular flexibility index (Phi) is 13.8. The Morgan fingerprint density at radius 1 is 1.16 bits per heavy atom. The van der Waals surface area contributed by atoms with E-state index in [4.69, 9.17) is 19.4 Å². The number of hydrogen-bond donors (Lipinski definition) is 3. The number of hydrogen-bond acceptors (Lipinski definition) is 11. The topological polar surface area (TPSA) is 180 Å². The lowest BCUT2D eigenvalue weighted by molar-refractivity contribution is -0.157. The molecule has 6 atom stereocenters. The highest BCUT2D eigenvalue weighted by Crippen LogP contribution is 2.42. The molecule has 6 heterocycles. The number of likely N-dealkylation sites (N-methyl/N-ethyl adjacent to an activating group) is 2. The summed E-state index contributed by atoms with van der Waals surface area (Å²) in [4.78, 5) is 82.0. The summed E-state index contributed by atoms with van der Waals surface area (Å²) in [6, 6.07) is 6.44. The third-order valence-electron chi connectivity index (χ3n) is 12.8. The predicted octanol–water partition coefficient (Wildman–Crippen LogP) is 5.35. The van der Waals surface area contributed by atoms with Gasteiger partial charge in [0.15, 0.2) is 0 Å². The van der Waals surface area contributed by atoms with Crippen LogP contribution in [0.25, 0.3) is 33.4 Å². The lowest BCUT2D eigenvalue weighted by atomic mass is 9.84. The number of urea groups is 1. The molecule has 16 nitrogen and oxygen atoms in total. The number of likely N-dealkylation sites (tertiary alicyclic amines) is 1. The molecule has 7 rings (SSSR count). The maximum atomic E-state index is 14.7. The number of methoxy groups -OCH3 is 1. The van der Waals surface area contributed by atoms with Crippen LogP contribution in [-0.4, -0.2) is 124 Å². The molecular weight excluding hydrogens is 835 g/mol. The zero-order chi connectivity index (χ0) is 46.2. The highest BCUT2D eigenvalue weighted by atomic mass is 32.1. The summed E-state index contributed by atoms with van der Waals surface area (Å²) >= 11 is 1.40. The Hall–Kier alpha value is -5.39. The molecule has 5 amide bonds. The van der Waals surface area contributed by atoms with Crippen molar-refractivity contribution < 1.29 is 33.4 Å². The number of nitrogens with one attached hydrogen (secondary N) is 3. The SMILES string of the molecule is CCn1c(-c2cccnc2[C@H](C)OC)c2c3cc(ccc31)-c1csc(n1)CC(NC(=O)[C@H](C(C)C)N(C)C(=O)N1CC[C@H]1C(=O)NC)C(=O)N1CC(C)C[C@H](N1)C(=O)OCC(C)(C)C2. The quantitative estimate of drug-likeness (QED) is 0.186. The molecule has 344 valence electrons. The molecule has 0 saturated carbocycles. The number of hydrazine groups is 1. The van der Waals surface area contributed by atoms with Crippen LogP contribution in [0.2, 0.25) is 0 Å². The number of thiazole rings is 1. The normalized spacial score (nSPS) is 22.3. The van der Waals surface area contributed by atoms with Crippen LogP contribution in [0.5, 0.6) is 0 Å². The van der Waals surface area contributed by atoms with Crippen molar-refractivity contribution in [1.82, 2.24) is 45.4 Å². The zero-order valence-electron chi connectivity index (χ0n) is 38.7. The van der Waals surface area contributed by atoms with Crippen LogP contribution in [-0.2, 0) is 48.0 Å². The smallest absolute Gasteiger partial charge is 0.324 e. The fraction of sp³-hybridized carbons (Fsp3) is 0.553. The third-order valence-corrected chi connectivity index (χ3v) is 13.7. The molecule has 3 aliphatic rings. The number of ether oxygens (including phenoxy) is 2. The Bertz CT molecular complexity index is 2410. The Morgan fingerprint density at radius 2 is 1.92 bits per heavy atom. The van der Waals surface area contributed by atoms with Crippen LogP contribution in [0.1, 0.15) is 83.7 Å². The van der Waals surface area contributed by atoms with Gasteiger partial charge in [0.05, 0.1) is 34.8 Å². The lowest BCUT2D eigenvalue weighted by Gasteiger charge is -2.43. The second-order valence-electron chi connectivity index (χ2n) is 18.6. The summed E-state index contributed by atoms with van der Waals surface area (Å²) in [7, 11) is 4.76. The molecule has 2 fully saturated rings. The van der Waals surface area contributed by atoms with Gasteiger partial charge in [0.2, 0.25) is 11.8 Å². The molecule has 2 unspecified atom stereocenters. The number of aryl methyl sites for hydroxylation is 1. The van der Waals surface area contributed by atoms with Crippen molar-refractivity contribution in [2.45, 2.75) is 111 Å². The maximum absolute atomic E-state index is 14.7. The first kappa shape index (κ1) is 46.6. The molecule has 64 heavy (non-hydrogen) atoms. The first-order chi connectivity index (χ1) is 30.5. The van der Waals surface area contributed by atoms with Gasteiger partial charge in [-0.25, -0.2) is 15.2 Å². The van der Waals surface area contributed by atoms with Crippen molar-refractivity contribution in [2.24, 2.45) is 17.3 Å². The van der Waals surface area contributed by atoms with E-state index in [1.807, 2.05) is 39.1 Å². The second-order valence-corrected chi connectivity index (χ2v) is 19.6. The molecule has 2 saturated heterocycles. The minimum atomic E-state index is -1.11. The molecule has 3 aromatic heterocycles. The molecule has 0 spiro atoms. The van der Waals surface area contributed by atoms with Gasteiger partial charge in [-0.15, -0.1) is 11.3 Å². The van der Waals surface area contributed by atoms with Crippen LogP contribution in [0.15, 0.2) is 41.9 Å². The molecule has 0 aliphatic carbocycles. The van der Waals surface area contributed by atoms with E-state index in [1.165, 1.54) is 33.2 Å². The summed E-state index contributed by atoms with van der Waals surface area (Å²) in [5.74, 6) is -2.10. The van der Waals surface area contributed by atoms with Gasteiger partial charge in [-0.05, 0) is 74.8 Å². The Labute approximate surface area is 379 Å². The second kappa shape index (κ2) is 19.0. The number of carbonyl (C=O) groups is 5. The highest BCUT2D eigenvalue weighted by molar-refractivity contribution is 7.10. The fourth-order valence-electron chi connectivity index (χ4n) is 9.39. The largest absolute Gasteiger partial charge is 0.464 e. The van der Waals surface area contributed by atoms with E-state index in [-0.39, 0.29) is 36.9 Å². The molecule has 4 aromatic rings. The van der Waals surface area contributed by atoms with E-state index in [1.54, 1.807) is 20.4 Å². The number of carbonyl (C=O) groups excluding carboxylic acids is 5. The Morgan fingerprint density at radius 3 is 2.59 bits per heavy atom. The van der Waals surface area contributed by atoms with Crippen LogP contribution < -0.4 is 16.1 Å². The summed E-state index contributed by atoms with van der Waals surface area (Å²) in [5.41, 5.74) is 9.24. The van der Waals surface area contributed by atoms with E-state index in [2.05, 4.69) is 65.7 Å². The Balaban J connectivity index is 1.29. The van der Waals surface area contributed by atoms with Gasteiger partial charge >= 0.3 is 12.0 Å². The number of nitrogens with zero attached hydrogens (tertiary/aromatic N) is 6. The van der Waals surface area contributed by atoms with Crippen molar-refractivity contribution in [3.63, 3.8) is 0 Å². The maximum Gasteiger partial charge on any atom is 0.324 e. The van der Waals surface area contributed by atoms with E-state index in [9.17, 15) is 24.0 Å². The van der Waals surface area contributed by atoms with Crippen molar-refractivity contribution in [2.75, 3.05) is 40.9 Å². The van der Waals surface area contributed by atoms with Crippen LogP contribution >= 0.6 is 11.3 Å². The number of fused-ring (bicyclic) bond motifs is 6. The molecule has 6 bridgehead atoms. The van der Waals surface area contributed by atoms with Crippen LogP contribution in [0.4, 0.5) is 4.79 Å². The molecule has 0 radical (unpaired) electrons. The van der Waals surface area contributed by atoms with Crippen LogP contribution in [0.3, 0.4) is 0 Å². The zero-order valence-corrected chi connectivity index (χ0v) is 39.5. The van der Waals surface area contributed by atoms with Gasteiger partial charge in [-0.1, -0.05) is 40.7 Å². The van der Waals surface area contributed by atoms with Crippen molar-refractivity contribution in [3.8, 4) is 22.5 Å². The first-order valence-electron chi connectivity index (χ1n) is 22.3. The fourth-order valence-corrected chi connectivity index (χ4v) is 10.2. The van der Waals surface area contributed by atoms with Gasteiger partial charge in [-0.3, -0.25) is 29.2 Å². The average molecular weight is 898 g/mol. The van der Waals surface area contributed by atoms with Crippen molar-refractivity contribution in [1.29, 1.82) is 0 Å². The molecular formula is C47H63N9O7S. The lowest BCUT2D eigenvalue weighted by Crippen LogP contribution is -2.65. The summed E-state index contributed by atoms with van der Waals surface area (Å²) in [6.45, 7) is 15.4. The summed E-state index contributed by atoms with van der Waals surface area (Å²) in [6.07, 6.45) is 3.14. The number of benzene rings is 1. The highest BCUT2D eigenvalue weighted by Gasteiger charge is 2.43. The van der Waals surface area contributed by atoms with Crippen LogP contribution in [0, 0.1) is 17.3 Å². The van der Waals surface area contributed by atoms with Gasteiger partial charge in [0.1, 0.15) is 24.2 Å². The molecule has 3 aliphatic heterocycles. The minimum absolute atomic E-state index is 0.0593. The first-order valence-corrected chi connectivity index (χ1v) is 23.2. The van der Waals surface area contributed by atoms with E-state index >= 15 is 0 Å². The number of esters is 1. The summed E-state index contributed by atoms with van der Waals surface area (Å²) in [5, 5.41) is 10.7. The molecule has 1 aromatic carbocycles. The van der Waals surface area contributed by atoms with E-state index in [0.717, 1.165) is 44.7 Å². The summed E-state index contributed by atoms with van der Waals surface area (Å²) < 4.78 is 14.3. The number of pyridine rings is 1. The monoisotopic (exact) mass is 897 g/mol. The predicted molar refractivity (Wildman–Crippen MR) is 245 cm³/mol. The van der Waals surface area contributed by atoms with Crippen molar-refractivity contribution >= 4 is 52.0 Å². The third kappa shape index (κ3) is 9.24. The van der Waals surface area contributed by atoms with Gasteiger partial charge in [0.25, 0.3) is 5.91 Å².